The molecule has 1 saturated heterocycles. The average Bonchev–Trinajstić information content (AvgIpc) is 3.16. The van der Waals surface area contributed by atoms with Crippen LogP contribution in [0.4, 0.5) is 0 Å². The molecule has 2 aliphatic rings. The molecule has 104 valence electrons. The summed E-state index contributed by atoms with van der Waals surface area (Å²) in [4.78, 5) is 0. The lowest BCUT2D eigenvalue weighted by Gasteiger charge is -2.26. The van der Waals surface area contributed by atoms with Crippen molar-refractivity contribution in [2.24, 2.45) is 5.92 Å². The van der Waals surface area contributed by atoms with Crippen molar-refractivity contribution in [3.05, 3.63) is 23.8 Å². The van der Waals surface area contributed by atoms with Crippen molar-refractivity contribution in [2.45, 2.75) is 38.1 Å². The van der Waals surface area contributed by atoms with Gasteiger partial charge < -0.3 is 14.8 Å². The molecule has 0 radical (unpaired) electrons. The van der Waals surface area contributed by atoms with E-state index in [1.807, 2.05) is 0 Å². The van der Waals surface area contributed by atoms with Crippen LogP contribution in [0.1, 0.15) is 38.2 Å². The van der Waals surface area contributed by atoms with E-state index in [1.165, 1.54) is 31.2 Å². The van der Waals surface area contributed by atoms with Crippen molar-refractivity contribution in [1.29, 1.82) is 0 Å². The molecule has 1 aromatic carbocycles. The highest BCUT2D eigenvalue weighted by Gasteiger charge is 2.30. The number of nitrogens with one attached hydrogen (secondary N) is 1. The Morgan fingerprint density at radius 1 is 1.32 bits per heavy atom. The lowest BCUT2D eigenvalue weighted by atomic mass is 9.90. The molecule has 1 aliphatic carbocycles. The molecule has 3 nitrogen and oxygen atoms in total. The first kappa shape index (κ1) is 12.8. The van der Waals surface area contributed by atoms with E-state index in [2.05, 4.69) is 30.4 Å². The number of benzene rings is 1. The summed E-state index contributed by atoms with van der Waals surface area (Å²) in [7, 11) is 1.72. The van der Waals surface area contributed by atoms with Crippen molar-refractivity contribution in [3.63, 3.8) is 0 Å². The summed E-state index contributed by atoms with van der Waals surface area (Å²) in [6, 6.07) is 6.35. The lowest BCUT2D eigenvalue weighted by Crippen LogP contribution is -2.33. The van der Waals surface area contributed by atoms with Crippen LogP contribution in [0.5, 0.6) is 11.5 Å². The highest BCUT2D eigenvalue weighted by atomic mass is 16.5. The molecule has 1 aromatic rings. The number of ether oxygens (including phenoxy) is 2. The number of methoxy groups -OCH3 is 1. The Morgan fingerprint density at radius 3 is 2.79 bits per heavy atom. The van der Waals surface area contributed by atoms with E-state index in [4.69, 9.17) is 9.47 Å². The molecular weight excluding hydrogens is 238 g/mol. The second kappa shape index (κ2) is 5.04. The van der Waals surface area contributed by atoms with Gasteiger partial charge in [0.05, 0.1) is 13.7 Å². The smallest absolute Gasteiger partial charge is 0.161 e. The van der Waals surface area contributed by atoms with Gasteiger partial charge in [0.2, 0.25) is 0 Å². The molecule has 1 N–H and O–H groups in total. The Balaban J connectivity index is 1.79. The van der Waals surface area contributed by atoms with Crippen LogP contribution in [-0.2, 0) is 5.54 Å². The third-order valence-electron chi connectivity index (χ3n) is 4.34. The molecule has 1 saturated carbocycles. The second-order valence-electron chi connectivity index (χ2n) is 5.98. The van der Waals surface area contributed by atoms with E-state index in [0.717, 1.165) is 30.6 Å². The molecule has 0 amide bonds. The van der Waals surface area contributed by atoms with E-state index >= 15 is 0 Å². The zero-order valence-electron chi connectivity index (χ0n) is 11.9. The quantitative estimate of drug-likeness (QED) is 0.883. The van der Waals surface area contributed by atoms with E-state index in [-0.39, 0.29) is 5.54 Å². The summed E-state index contributed by atoms with van der Waals surface area (Å²) in [5, 5.41) is 3.58. The third-order valence-corrected chi connectivity index (χ3v) is 4.34. The highest BCUT2D eigenvalue weighted by molar-refractivity contribution is 5.45. The topological polar surface area (TPSA) is 30.5 Å². The summed E-state index contributed by atoms with van der Waals surface area (Å²) in [5.41, 5.74) is 1.38. The fourth-order valence-electron chi connectivity index (χ4n) is 2.76. The number of hydrogen-bond acceptors (Lipinski definition) is 3. The third kappa shape index (κ3) is 2.71. The van der Waals surface area contributed by atoms with Gasteiger partial charge in [-0.05, 0) is 62.8 Å². The molecular formula is C16H23NO2. The maximum atomic E-state index is 5.86. The van der Waals surface area contributed by atoms with Crippen LogP contribution < -0.4 is 14.8 Å². The van der Waals surface area contributed by atoms with Gasteiger partial charge in [-0.25, -0.2) is 0 Å². The van der Waals surface area contributed by atoms with Gasteiger partial charge in [0.25, 0.3) is 0 Å². The van der Waals surface area contributed by atoms with Crippen LogP contribution in [0.2, 0.25) is 0 Å². The molecule has 0 spiro atoms. The monoisotopic (exact) mass is 261 g/mol. The van der Waals surface area contributed by atoms with Crippen molar-refractivity contribution < 1.29 is 9.47 Å². The van der Waals surface area contributed by atoms with Crippen molar-refractivity contribution in [2.75, 3.05) is 20.3 Å². The summed E-state index contributed by atoms with van der Waals surface area (Å²) in [5.74, 6) is 2.49. The molecule has 3 heteroatoms. The van der Waals surface area contributed by atoms with Crippen LogP contribution in [-0.4, -0.2) is 20.3 Å². The Labute approximate surface area is 115 Å². The molecule has 1 aliphatic heterocycles. The minimum atomic E-state index is 0.0856. The Kier molecular flexibility index (Phi) is 3.40. The molecule has 19 heavy (non-hydrogen) atoms. The first-order valence-electron chi connectivity index (χ1n) is 7.28. The van der Waals surface area contributed by atoms with Gasteiger partial charge in [-0.2, -0.15) is 0 Å². The van der Waals surface area contributed by atoms with Crippen LogP contribution in [0.3, 0.4) is 0 Å². The fraction of sp³-hybridized carbons (Fsp3) is 0.625. The second-order valence-corrected chi connectivity index (χ2v) is 5.98. The van der Waals surface area contributed by atoms with Crippen LogP contribution >= 0.6 is 0 Å². The molecule has 0 aromatic heterocycles. The highest BCUT2D eigenvalue weighted by Crippen LogP contribution is 2.37. The molecule has 1 heterocycles. The van der Waals surface area contributed by atoms with Crippen LogP contribution in [0, 0.1) is 5.92 Å². The van der Waals surface area contributed by atoms with E-state index in [0.29, 0.717) is 0 Å². The summed E-state index contributed by atoms with van der Waals surface area (Å²) >= 11 is 0. The minimum absolute atomic E-state index is 0.0856. The first-order valence-corrected chi connectivity index (χ1v) is 7.28. The van der Waals surface area contributed by atoms with Gasteiger partial charge in [0, 0.05) is 5.54 Å². The van der Waals surface area contributed by atoms with E-state index in [1.54, 1.807) is 7.11 Å². The summed E-state index contributed by atoms with van der Waals surface area (Å²) < 4.78 is 11.3. The number of hydrogen-bond donors (Lipinski definition) is 1. The van der Waals surface area contributed by atoms with Crippen molar-refractivity contribution in [1.82, 2.24) is 5.32 Å². The molecule has 3 rings (SSSR count). The van der Waals surface area contributed by atoms with E-state index in [9.17, 15) is 0 Å². The molecule has 1 unspecified atom stereocenters. The van der Waals surface area contributed by atoms with Crippen molar-refractivity contribution in [3.8, 4) is 11.5 Å². The maximum absolute atomic E-state index is 5.86. The fourth-order valence-corrected chi connectivity index (χ4v) is 2.76. The SMILES string of the molecule is COc1cc(C2(C)CCCN2)ccc1OCC1CC1. The predicted molar refractivity (Wildman–Crippen MR) is 75.8 cm³/mol. The number of rotatable bonds is 5. The van der Waals surface area contributed by atoms with Gasteiger partial charge in [-0.15, -0.1) is 0 Å². The van der Waals surface area contributed by atoms with Crippen LogP contribution in [0.15, 0.2) is 18.2 Å². The molecule has 1 atom stereocenters. The summed E-state index contributed by atoms with van der Waals surface area (Å²) in [6.45, 7) is 4.18. The molecule has 2 fully saturated rings. The van der Waals surface area contributed by atoms with Gasteiger partial charge in [-0.1, -0.05) is 6.07 Å². The maximum Gasteiger partial charge on any atom is 0.161 e. The summed E-state index contributed by atoms with van der Waals surface area (Å²) in [6.07, 6.45) is 5.03. The Hall–Kier alpha value is -1.22. The molecule has 0 bridgehead atoms. The first-order chi connectivity index (χ1) is 9.21. The lowest BCUT2D eigenvalue weighted by molar-refractivity contribution is 0.279. The zero-order chi connectivity index (χ0) is 13.3. The van der Waals surface area contributed by atoms with Gasteiger partial charge >= 0.3 is 0 Å². The average molecular weight is 261 g/mol. The normalized spacial score (nSPS) is 26.4. The Morgan fingerprint density at radius 2 is 2.16 bits per heavy atom. The standard InChI is InChI=1S/C16H23NO2/c1-16(8-3-9-17-16)13-6-7-14(15(10-13)18-2)19-11-12-4-5-12/h6-7,10,12,17H,3-5,8-9,11H2,1-2H3. The minimum Gasteiger partial charge on any atom is -0.493 e. The largest absolute Gasteiger partial charge is 0.493 e. The van der Waals surface area contributed by atoms with Gasteiger partial charge in [-0.3, -0.25) is 0 Å². The zero-order valence-corrected chi connectivity index (χ0v) is 11.9. The predicted octanol–water partition coefficient (Wildman–Crippen LogP) is 3.08. The van der Waals surface area contributed by atoms with Gasteiger partial charge in [0.15, 0.2) is 11.5 Å². The van der Waals surface area contributed by atoms with Crippen molar-refractivity contribution >= 4 is 0 Å². The van der Waals surface area contributed by atoms with E-state index < -0.39 is 0 Å². The van der Waals surface area contributed by atoms with Gasteiger partial charge in [0.1, 0.15) is 0 Å². The van der Waals surface area contributed by atoms with Crippen LogP contribution in [0.25, 0.3) is 0 Å². The Bertz CT molecular complexity index is 448.